The number of aromatic nitrogens is 1. The highest BCUT2D eigenvalue weighted by Gasteiger charge is 2.41. The predicted octanol–water partition coefficient (Wildman–Crippen LogP) is 5.63. The highest BCUT2D eigenvalue weighted by molar-refractivity contribution is 6.01. The maximum Gasteiger partial charge on any atom is 0.418 e. The molecule has 4 aromatic rings. The molecular formula is C34H33N3O7. The molecular weight excluding hydrogens is 562 g/mol. The first-order valence-electron chi connectivity index (χ1n) is 14.5. The molecule has 3 aromatic carbocycles. The highest BCUT2D eigenvalue weighted by Crippen LogP contribution is 2.44. The Morgan fingerprint density at radius 3 is 2.23 bits per heavy atom. The fraction of sp³-hybridized carbons (Fsp3) is 0.294. The molecule has 2 aliphatic rings. The van der Waals surface area contributed by atoms with Crippen molar-refractivity contribution in [1.29, 1.82) is 0 Å². The molecule has 10 heteroatoms. The third-order valence-electron chi connectivity index (χ3n) is 8.04. The summed E-state index contributed by atoms with van der Waals surface area (Å²) in [6, 6.07) is 20.8. The van der Waals surface area contributed by atoms with Gasteiger partial charge in [0.2, 0.25) is 0 Å². The van der Waals surface area contributed by atoms with Crippen LogP contribution < -0.4 is 5.32 Å². The van der Waals surface area contributed by atoms with E-state index in [-0.39, 0.29) is 31.1 Å². The number of nitrogens with zero attached hydrogens (tertiary/aromatic N) is 2. The summed E-state index contributed by atoms with van der Waals surface area (Å²) in [5.41, 5.74) is 4.37. The first kappa shape index (κ1) is 29.0. The van der Waals surface area contributed by atoms with Crippen LogP contribution in [0.3, 0.4) is 0 Å². The van der Waals surface area contributed by atoms with Crippen LogP contribution in [0.5, 0.6) is 0 Å². The van der Waals surface area contributed by atoms with Gasteiger partial charge >= 0.3 is 18.2 Å². The lowest BCUT2D eigenvalue weighted by atomic mass is 9.98. The number of carbonyl (C=O) groups excluding carboxylic acids is 3. The summed E-state index contributed by atoms with van der Waals surface area (Å²) in [6.07, 6.45) is 0.333. The fourth-order valence-corrected chi connectivity index (χ4v) is 6.10. The molecule has 2 unspecified atom stereocenters. The Hall–Kier alpha value is -5.12. The summed E-state index contributed by atoms with van der Waals surface area (Å²) >= 11 is 0. The molecule has 0 bridgehead atoms. The number of carboxylic acid groups (broad SMARTS) is 1. The number of benzene rings is 3. The number of carboxylic acids is 1. The Kier molecular flexibility index (Phi) is 7.36. The second-order valence-corrected chi connectivity index (χ2v) is 12.2. The van der Waals surface area contributed by atoms with Gasteiger partial charge in [0.05, 0.1) is 11.6 Å². The van der Waals surface area contributed by atoms with E-state index in [1.807, 2.05) is 36.4 Å². The first-order valence-corrected chi connectivity index (χ1v) is 14.5. The Bertz CT molecular complexity index is 1740. The van der Waals surface area contributed by atoms with Crippen LogP contribution >= 0.6 is 0 Å². The van der Waals surface area contributed by atoms with Gasteiger partial charge in [0.1, 0.15) is 18.2 Å². The summed E-state index contributed by atoms with van der Waals surface area (Å²) in [5, 5.41) is 13.4. The smallest absolute Gasteiger partial charge is 0.418 e. The number of rotatable bonds is 5. The number of hydrogen-bond donors (Lipinski definition) is 2. The molecule has 0 spiro atoms. The molecule has 0 saturated carbocycles. The molecule has 2 amide bonds. The van der Waals surface area contributed by atoms with E-state index in [2.05, 4.69) is 17.4 Å². The van der Waals surface area contributed by atoms with Crippen molar-refractivity contribution >= 4 is 35.0 Å². The zero-order valence-corrected chi connectivity index (χ0v) is 24.7. The zero-order valence-electron chi connectivity index (χ0n) is 24.7. The van der Waals surface area contributed by atoms with E-state index in [9.17, 15) is 24.3 Å². The maximum absolute atomic E-state index is 13.6. The van der Waals surface area contributed by atoms with Crippen molar-refractivity contribution in [3.8, 4) is 11.1 Å². The van der Waals surface area contributed by atoms with Gasteiger partial charge in [-0.1, -0.05) is 54.6 Å². The number of ether oxygens (including phenoxy) is 2. The first-order chi connectivity index (χ1) is 21.0. The Morgan fingerprint density at radius 2 is 1.59 bits per heavy atom. The van der Waals surface area contributed by atoms with Crippen LogP contribution in [0.15, 0.2) is 79.0 Å². The van der Waals surface area contributed by atoms with Gasteiger partial charge in [-0.15, -0.1) is 0 Å². The summed E-state index contributed by atoms with van der Waals surface area (Å²) in [7, 11) is 0. The second kappa shape index (κ2) is 11.2. The molecule has 6 rings (SSSR count). The molecule has 2 heterocycles. The number of carbonyl (C=O) groups is 4. The molecule has 1 aliphatic carbocycles. The Morgan fingerprint density at radius 1 is 0.932 bits per heavy atom. The maximum atomic E-state index is 13.6. The van der Waals surface area contributed by atoms with Crippen LogP contribution in [0.1, 0.15) is 54.6 Å². The predicted molar refractivity (Wildman–Crippen MR) is 163 cm³/mol. The normalized spacial score (nSPS) is 17.7. The van der Waals surface area contributed by atoms with Crippen molar-refractivity contribution in [2.75, 3.05) is 13.2 Å². The van der Waals surface area contributed by atoms with E-state index in [1.54, 1.807) is 51.2 Å². The monoisotopic (exact) mass is 595 g/mol. The molecule has 1 aromatic heterocycles. The summed E-state index contributed by atoms with van der Waals surface area (Å²) in [4.78, 5) is 52.6. The summed E-state index contributed by atoms with van der Waals surface area (Å²) in [5.74, 6) is -1.81. The molecule has 0 radical (unpaired) electrons. The van der Waals surface area contributed by atoms with Crippen molar-refractivity contribution in [3.63, 3.8) is 0 Å². The van der Waals surface area contributed by atoms with Crippen LogP contribution in [0, 0.1) is 0 Å². The van der Waals surface area contributed by atoms with E-state index in [1.165, 1.54) is 9.47 Å². The van der Waals surface area contributed by atoms with E-state index in [0.29, 0.717) is 5.52 Å². The number of likely N-dealkylation sites (tertiary alicyclic amines) is 1. The number of aliphatic carboxylic acids is 1. The molecule has 1 aliphatic heterocycles. The minimum atomic E-state index is -1.17. The third kappa shape index (κ3) is 5.50. The molecule has 2 N–H and O–H groups in total. The second-order valence-electron chi connectivity index (χ2n) is 12.2. The molecule has 1 fully saturated rings. The van der Waals surface area contributed by atoms with E-state index >= 15 is 0 Å². The van der Waals surface area contributed by atoms with Gasteiger partial charge in [0, 0.05) is 36.0 Å². The summed E-state index contributed by atoms with van der Waals surface area (Å²) < 4.78 is 12.4. The van der Waals surface area contributed by atoms with E-state index in [4.69, 9.17) is 9.47 Å². The van der Waals surface area contributed by atoms with Crippen molar-refractivity contribution in [2.45, 2.75) is 50.8 Å². The molecule has 10 nitrogen and oxygen atoms in total. The molecule has 226 valence electrons. The Labute approximate surface area is 254 Å². The average molecular weight is 596 g/mol. The van der Waals surface area contributed by atoms with Crippen molar-refractivity contribution in [3.05, 3.63) is 95.7 Å². The van der Waals surface area contributed by atoms with E-state index < -0.39 is 41.7 Å². The van der Waals surface area contributed by atoms with Gasteiger partial charge in [0.15, 0.2) is 0 Å². The lowest BCUT2D eigenvalue weighted by Gasteiger charge is -2.22. The van der Waals surface area contributed by atoms with Gasteiger partial charge in [-0.2, -0.15) is 0 Å². The third-order valence-corrected chi connectivity index (χ3v) is 8.04. The molecule has 1 saturated heterocycles. The number of fused-ring (bicyclic) bond motifs is 4. The van der Waals surface area contributed by atoms with Crippen LogP contribution in [-0.4, -0.2) is 69.5 Å². The SMILES string of the molecule is CC(C)(C)OC(=O)n1ccc2ccc(C(=O)N3CC(NC(=O)OCC4c5ccccc5-c5ccccc54)CC3C(=O)O)cc21. The van der Waals surface area contributed by atoms with Crippen molar-refractivity contribution in [2.24, 2.45) is 0 Å². The van der Waals surface area contributed by atoms with Gasteiger partial charge in [0.25, 0.3) is 5.91 Å². The zero-order chi connectivity index (χ0) is 31.2. The summed E-state index contributed by atoms with van der Waals surface area (Å²) in [6.45, 7) is 5.40. The van der Waals surface area contributed by atoms with Crippen molar-refractivity contribution in [1.82, 2.24) is 14.8 Å². The standard InChI is InChI=1S/C34H33N3O7/c1-34(2,3)44-33(42)36-15-14-20-12-13-21(16-28(20)36)30(38)37-18-22(17-29(37)31(39)40)35-32(41)43-19-27-25-10-6-4-8-23(25)24-9-5-7-11-26(24)27/h4-16,22,27,29H,17-19H2,1-3H3,(H,35,41)(H,39,40). The van der Waals surface area contributed by atoms with Gasteiger partial charge in [-0.05, 0) is 61.2 Å². The number of nitrogens with one attached hydrogen (secondary N) is 1. The molecule has 44 heavy (non-hydrogen) atoms. The Balaban J connectivity index is 1.14. The number of hydrogen-bond acceptors (Lipinski definition) is 6. The van der Waals surface area contributed by atoms with Crippen LogP contribution in [0.25, 0.3) is 22.0 Å². The van der Waals surface area contributed by atoms with Crippen LogP contribution in [0.4, 0.5) is 9.59 Å². The van der Waals surface area contributed by atoms with Gasteiger partial charge < -0.3 is 24.8 Å². The van der Waals surface area contributed by atoms with Crippen LogP contribution in [0.2, 0.25) is 0 Å². The lowest BCUT2D eigenvalue weighted by Crippen LogP contribution is -2.41. The largest absolute Gasteiger partial charge is 0.480 e. The minimum Gasteiger partial charge on any atom is -0.480 e. The molecule has 2 atom stereocenters. The number of amides is 2. The van der Waals surface area contributed by atoms with Gasteiger partial charge in [-0.25, -0.2) is 14.4 Å². The highest BCUT2D eigenvalue weighted by atomic mass is 16.6. The van der Waals surface area contributed by atoms with Crippen LogP contribution in [-0.2, 0) is 14.3 Å². The van der Waals surface area contributed by atoms with Gasteiger partial charge in [-0.3, -0.25) is 9.36 Å². The average Bonchev–Trinajstić information content (AvgIpc) is 3.68. The minimum absolute atomic E-state index is 0.00882. The quantitative estimate of drug-likeness (QED) is 0.306. The number of alkyl carbamates (subject to hydrolysis) is 1. The fourth-order valence-electron chi connectivity index (χ4n) is 6.10. The van der Waals surface area contributed by atoms with E-state index in [0.717, 1.165) is 27.6 Å². The lowest BCUT2D eigenvalue weighted by molar-refractivity contribution is -0.141. The topological polar surface area (TPSA) is 127 Å². The van der Waals surface area contributed by atoms with Crippen molar-refractivity contribution < 1.29 is 33.8 Å².